The van der Waals surface area contributed by atoms with Gasteiger partial charge in [0.25, 0.3) is 5.56 Å². The van der Waals surface area contributed by atoms with Crippen molar-refractivity contribution in [2.75, 3.05) is 0 Å². The van der Waals surface area contributed by atoms with Gasteiger partial charge in [-0.3, -0.25) is 14.2 Å². The van der Waals surface area contributed by atoms with E-state index in [1.807, 2.05) is 13.8 Å². The van der Waals surface area contributed by atoms with Crippen molar-refractivity contribution in [1.82, 2.24) is 9.55 Å². The molecule has 0 aromatic carbocycles. The fourth-order valence-corrected chi connectivity index (χ4v) is 4.08. The molecule has 2 aromatic heterocycles. The zero-order valence-electron chi connectivity index (χ0n) is 13.3. The van der Waals surface area contributed by atoms with Crippen molar-refractivity contribution >= 4 is 39.2 Å². The third-order valence-corrected chi connectivity index (χ3v) is 5.88. The normalized spacial score (nSPS) is 12.7. The number of nitrogens with two attached hydrogens (primary N) is 1. The molecule has 120 valence electrons. The van der Waals surface area contributed by atoms with Crippen molar-refractivity contribution in [1.29, 1.82) is 0 Å². The molecule has 0 unspecified atom stereocenters. The van der Waals surface area contributed by atoms with Crippen LogP contribution < -0.4 is 11.3 Å². The molecular weight excluding hydrogens is 318 g/mol. The number of aryl methyl sites for hydroxylation is 2. The molecule has 0 radical (unpaired) electrons. The second-order valence-corrected chi connectivity index (χ2v) is 7.84. The maximum absolute atomic E-state index is 12.8. The molecule has 0 aliphatic heterocycles. The molecule has 1 atom stereocenters. The molecule has 22 heavy (non-hydrogen) atoms. The molecule has 1 amide bonds. The first-order valence-electron chi connectivity index (χ1n) is 7.33. The van der Waals surface area contributed by atoms with E-state index in [1.54, 1.807) is 11.5 Å². The lowest BCUT2D eigenvalue weighted by atomic mass is 10.2. The van der Waals surface area contributed by atoms with Gasteiger partial charge in [-0.1, -0.05) is 25.1 Å². The van der Waals surface area contributed by atoms with Gasteiger partial charge >= 0.3 is 0 Å². The smallest absolute Gasteiger partial charge is 0.263 e. The van der Waals surface area contributed by atoms with Gasteiger partial charge in [-0.25, -0.2) is 4.98 Å². The molecular formula is C15H21N3O2S2. The summed E-state index contributed by atoms with van der Waals surface area (Å²) in [5, 5.41) is 0.868. The summed E-state index contributed by atoms with van der Waals surface area (Å²) in [4.78, 5) is 30.6. The highest BCUT2D eigenvalue weighted by Crippen LogP contribution is 2.29. The van der Waals surface area contributed by atoms with Crippen LogP contribution in [0.5, 0.6) is 0 Å². The monoisotopic (exact) mass is 339 g/mol. The maximum Gasteiger partial charge on any atom is 0.263 e. The summed E-state index contributed by atoms with van der Waals surface area (Å²) < 4.78 is 1.69. The Bertz CT molecular complexity index is 764. The van der Waals surface area contributed by atoms with Crippen molar-refractivity contribution in [2.24, 2.45) is 5.73 Å². The Morgan fingerprint density at radius 1 is 1.45 bits per heavy atom. The van der Waals surface area contributed by atoms with Crippen molar-refractivity contribution < 1.29 is 4.79 Å². The topological polar surface area (TPSA) is 78.0 Å². The average Bonchev–Trinajstić information content (AvgIpc) is 2.73. The number of unbranched alkanes of at least 4 members (excludes halogenated alkanes) is 1. The minimum Gasteiger partial charge on any atom is -0.369 e. The third-order valence-electron chi connectivity index (χ3n) is 3.67. The molecule has 0 saturated heterocycles. The highest BCUT2D eigenvalue weighted by Gasteiger charge is 2.19. The Morgan fingerprint density at radius 2 is 2.14 bits per heavy atom. The predicted octanol–water partition coefficient (Wildman–Crippen LogP) is 2.84. The second kappa shape index (κ2) is 6.83. The van der Waals surface area contributed by atoms with E-state index in [2.05, 4.69) is 11.9 Å². The molecule has 0 aliphatic carbocycles. The maximum atomic E-state index is 12.8. The highest BCUT2D eigenvalue weighted by atomic mass is 32.2. The van der Waals surface area contributed by atoms with E-state index in [9.17, 15) is 9.59 Å². The van der Waals surface area contributed by atoms with Crippen LogP contribution in [-0.4, -0.2) is 20.7 Å². The van der Waals surface area contributed by atoms with Crippen molar-refractivity contribution in [3.05, 3.63) is 20.8 Å². The van der Waals surface area contributed by atoms with Gasteiger partial charge in [0.05, 0.1) is 10.6 Å². The minimum atomic E-state index is -0.417. The van der Waals surface area contributed by atoms with Crippen LogP contribution in [0.15, 0.2) is 9.95 Å². The fraction of sp³-hybridized carbons (Fsp3) is 0.533. The van der Waals surface area contributed by atoms with E-state index in [-0.39, 0.29) is 5.56 Å². The lowest BCUT2D eigenvalue weighted by molar-refractivity contribution is -0.117. The minimum absolute atomic E-state index is 0.0144. The SMILES string of the molecule is CCCCn1c(S[C@H](C)C(N)=O)nc2sc(C)c(C)c2c1=O. The summed E-state index contributed by atoms with van der Waals surface area (Å²) in [6.45, 7) is 8.38. The molecule has 0 spiro atoms. The molecule has 2 rings (SSSR count). The number of carbonyl (C=O) groups excluding carboxylic acids is 1. The van der Waals surface area contributed by atoms with Crippen molar-refractivity contribution in [3.63, 3.8) is 0 Å². The van der Waals surface area contributed by atoms with E-state index in [0.717, 1.165) is 28.1 Å². The zero-order valence-corrected chi connectivity index (χ0v) is 14.9. The third kappa shape index (κ3) is 3.20. The number of primary amides is 1. The van der Waals surface area contributed by atoms with E-state index in [1.165, 1.54) is 23.1 Å². The van der Waals surface area contributed by atoms with E-state index in [4.69, 9.17) is 5.73 Å². The van der Waals surface area contributed by atoms with Crippen LogP contribution in [0.2, 0.25) is 0 Å². The van der Waals surface area contributed by atoms with Crippen LogP contribution in [0.1, 0.15) is 37.1 Å². The van der Waals surface area contributed by atoms with Crippen LogP contribution in [0.25, 0.3) is 10.2 Å². The standard InChI is InChI=1S/C15H21N3O2S2/c1-5-6-7-18-14(20)11-8(2)9(3)21-13(11)17-15(18)22-10(4)12(16)19/h10H,5-7H2,1-4H3,(H2,16,19)/t10-/m1/s1. The van der Waals surface area contributed by atoms with E-state index in [0.29, 0.717) is 17.1 Å². The number of thiophene rings is 1. The first-order valence-corrected chi connectivity index (χ1v) is 9.02. The number of hydrogen-bond acceptors (Lipinski definition) is 5. The summed E-state index contributed by atoms with van der Waals surface area (Å²) in [6, 6.07) is 0. The Morgan fingerprint density at radius 3 is 2.73 bits per heavy atom. The lowest BCUT2D eigenvalue weighted by Crippen LogP contribution is -2.27. The highest BCUT2D eigenvalue weighted by molar-refractivity contribution is 8.00. The van der Waals surface area contributed by atoms with Gasteiger partial charge in [-0.15, -0.1) is 11.3 Å². The van der Waals surface area contributed by atoms with Crippen LogP contribution in [0, 0.1) is 13.8 Å². The largest absolute Gasteiger partial charge is 0.369 e. The lowest BCUT2D eigenvalue weighted by Gasteiger charge is -2.13. The van der Waals surface area contributed by atoms with Gasteiger partial charge in [0.1, 0.15) is 4.83 Å². The fourth-order valence-electron chi connectivity index (χ4n) is 2.13. The summed E-state index contributed by atoms with van der Waals surface area (Å²) in [7, 11) is 0. The number of rotatable bonds is 6. The first kappa shape index (κ1) is 17.0. The van der Waals surface area contributed by atoms with Crippen LogP contribution in [-0.2, 0) is 11.3 Å². The van der Waals surface area contributed by atoms with Gasteiger partial charge in [0.15, 0.2) is 5.16 Å². The first-order chi connectivity index (χ1) is 10.4. The molecule has 0 saturated carbocycles. The van der Waals surface area contributed by atoms with Gasteiger partial charge < -0.3 is 5.73 Å². The van der Waals surface area contributed by atoms with Crippen LogP contribution in [0.3, 0.4) is 0 Å². The van der Waals surface area contributed by atoms with Crippen LogP contribution in [0.4, 0.5) is 0 Å². The average molecular weight is 339 g/mol. The molecule has 7 heteroatoms. The second-order valence-electron chi connectivity index (χ2n) is 5.33. The molecule has 0 bridgehead atoms. The number of aromatic nitrogens is 2. The van der Waals surface area contributed by atoms with Crippen molar-refractivity contribution in [3.8, 4) is 0 Å². The zero-order chi connectivity index (χ0) is 16.4. The van der Waals surface area contributed by atoms with Crippen LogP contribution >= 0.6 is 23.1 Å². The number of thioether (sulfide) groups is 1. The number of hydrogen-bond donors (Lipinski definition) is 1. The molecule has 0 aliphatic rings. The number of nitrogens with zero attached hydrogens (tertiary/aromatic N) is 2. The van der Waals surface area contributed by atoms with Gasteiger partial charge in [-0.2, -0.15) is 0 Å². The summed E-state index contributed by atoms with van der Waals surface area (Å²) in [5.74, 6) is -0.403. The molecule has 5 nitrogen and oxygen atoms in total. The molecule has 2 heterocycles. The number of amides is 1. The quantitative estimate of drug-likeness (QED) is 0.648. The van der Waals surface area contributed by atoms with Gasteiger partial charge in [0, 0.05) is 11.4 Å². The summed E-state index contributed by atoms with van der Waals surface area (Å²) in [6.07, 6.45) is 1.88. The summed E-state index contributed by atoms with van der Waals surface area (Å²) >= 11 is 2.78. The Labute approximate surface area is 137 Å². The van der Waals surface area contributed by atoms with Gasteiger partial charge in [0.2, 0.25) is 5.91 Å². The molecule has 2 aromatic rings. The van der Waals surface area contributed by atoms with Gasteiger partial charge in [-0.05, 0) is 32.8 Å². The molecule has 0 fully saturated rings. The predicted molar refractivity (Wildman–Crippen MR) is 92.8 cm³/mol. The summed E-state index contributed by atoms with van der Waals surface area (Å²) in [5.41, 5.74) is 6.33. The van der Waals surface area contributed by atoms with E-state index < -0.39 is 11.2 Å². The Balaban J connectivity index is 2.61. The Hall–Kier alpha value is -1.34. The van der Waals surface area contributed by atoms with E-state index >= 15 is 0 Å². The van der Waals surface area contributed by atoms with Crippen molar-refractivity contribution in [2.45, 2.75) is 57.5 Å². The number of fused-ring (bicyclic) bond motifs is 1. The molecule has 2 N–H and O–H groups in total. The number of carbonyl (C=O) groups is 1. The Kier molecular flexibility index (Phi) is 5.28.